The molecule has 3 nitrogen and oxygen atoms in total. The second kappa shape index (κ2) is 7.26. The van der Waals surface area contributed by atoms with Crippen molar-refractivity contribution in [1.29, 1.82) is 0 Å². The van der Waals surface area contributed by atoms with Crippen molar-refractivity contribution in [2.45, 2.75) is 6.92 Å². The van der Waals surface area contributed by atoms with E-state index in [9.17, 15) is 4.79 Å². The summed E-state index contributed by atoms with van der Waals surface area (Å²) in [6, 6.07) is 16.1. The molecule has 108 valence electrons. The highest BCUT2D eigenvalue weighted by atomic mass is 127. The van der Waals surface area contributed by atoms with Gasteiger partial charge >= 0.3 is 5.97 Å². The normalized spacial score (nSPS) is 11.2. The van der Waals surface area contributed by atoms with E-state index in [0.717, 1.165) is 23.0 Å². The molecule has 0 aliphatic rings. The molecule has 0 fully saturated rings. The Morgan fingerprint density at radius 3 is 2.14 bits per heavy atom. The van der Waals surface area contributed by atoms with Crippen molar-refractivity contribution >= 4 is 28.6 Å². The summed E-state index contributed by atoms with van der Waals surface area (Å²) in [4.78, 5) is 10.5. The molecule has 0 aliphatic heterocycles. The average Bonchev–Trinajstić information content (AvgIpc) is 2.46. The third-order valence-electron chi connectivity index (χ3n) is 2.87. The van der Waals surface area contributed by atoms with E-state index in [2.05, 4.69) is 46.9 Å². The number of benzene rings is 2. The van der Waals surface area contributed by atoms with Crippen molar-refractivity contribution < 1.29 is 14.6 Å². The number of carbonyl (C=O) groups is 1. The molecule has 2 aromatic rings. The first-order valence-electron chi connectivity index (χ1n) is 6.43. The predicted molar refractivity (Wildman–Crippen MR) is 91.5 cm³/mol. The lowest BCUT2D eigenvalue weighted by molar-refractivity contribution is -0.131. The third kappa shape index (κ3) is 4.90. The molecule has 2 aromatic carbocycles. The number of hydrogen-bond acceptors (Lipinski definition) is 2. The molecule has 2 rings (SSSR count). The Bertz CT molecular complexity index is 643. The van der Waals surface area contributed by atoms with Crippen LogP contribution in [0.2, 0.25) is 0 Å². The SMILES string of the molecule is CC(=CC(=O)O)COc1ccc(-c2ccc(I)cc2)cc1. The molecule has 1 N–H and O–H groups in total. The van der Waals surface area contributed by atoms with Crippen LogP contribution in [0.4, 0.5) is 0 Å². The van der Waals surface area contributed by atoms with Gasteiger partial charge in [0.2, 0.25) is 0 Å². The number of carboxylic acid groups (broad SMARTS) is 1. The van der Waals surface area contributed by atoms with Crippen LogP contribution in [0.5, 0.6) is 5.75 Å². The maximum atomic E-state index is 10.5. The largest absolute Gasteiger partial charge is 0.489 e. The van der Waals surface area contributed by atoms with Crippen LogP contribution in [-0.2, 0) is 4.79 Å². The highest BCUT2D eigenvalue weighted by Gasteiger charge is 2.00. The summed E-state index contributed by atoms with van der Waals surface area (Å²) in [5.41, 5.74) is 2.95. The van der Waals surface area contributed by atoms with E-state index in [4.69, 9.17) is 9.84 Å². The van der Waals surface area contributed by atoms with E-state index in [1.54, 1.807) is 6.92 Å². The van der Waals surface area contributed by atoms with E-state index in [1.807, 2.05) is 24.3 Å². The van der Waals surface area contributed by atoms with E-state index >= 15 is 0 Å². The monoisotopic (exact) mass is 394 g/mol. The van der Waals surface area contributed by atoms with Gasteiger partial charge in [0.25, 0.3) is 0 Å². The van der Waals surface area contributed by atoms with Gasteiger partial charge in [-0.3, -0.25) is 0 Å². The first-order chi connectivity index (χ1) is 10.0. The molecular formula is C17H15IO3. The zero-order chi connectivity index (χ0) is 15.2. The van der Waals surface area contributed by atoms with Crippen molar-refractivity contribution in [2.24, 2.45) is 0 Å². The zero-order valence-corrected chi connectivity index (χ0v) is 13.7. The highest BCUT2D eigenvalue weighted by Crippen LogP contribution is 2.23. The van der Waals surface area contributed by atoms with Gasteiger partial charge in [-0.05, 0) is 70.5 Å². The summed E-state index contributed by atoms with van der Waals surface area (Å²) in [5.74, 6) is -0.229. The summed E-state index contributed by atoms with van der Waals surface area (Å²) in [6.07, 6.45) is 1.15. The molecule has 0 atom stereocenters. The molecule has 0 saturated heterocycles. The highest BCUT2D eigenvalue weighted by molar-refractivity contribution is 14.1. The minimum atomic E-state index is -0.954. The third-order valence-corrected chi connectivity index (χ3v) is 3.59. The van der Waals surface area contributed by atoms with Gasteiger partial charge in [0, 0.05) is 9.65 Å². The summed E-state index contributed by atoms with van der Waals surface area (Å²) in [5, 5.41) is 8.63. The topological polar surface area (TPSA) is 46.5 Å². The van der Waals surface area contributed by atoms with E-state index in [1.165, 1.54) is 3.57 Å². The minimum Gasteiger partial charge on any atom is -0.489 e. The van der Waals surface area contributed by atoms with Gasteiger partial charge in [-0.1, -0.05) is 24.3 Å². The van der Waals surface area contributed by atoms with Crippen molar-refractivity contribution in [1.82, 2.24) is 0 Å². The molecule has 0 spiro atoms. The summed E-state index contributed by atoms with van der Waals surface area (Å²) in [6.45, 7) is 2.00. The fourth-order valence-corrected chi connectivity index (χ4v) is 2.20. The molecule has 21 heavy (non-hydrogen) atoms. The smallest absolute Gasteiger partial charge is 0.328 e. The number of hydrogen-bond donors (Lipinski definition) is 1. The molecule has 0 radical (unpaired) electrons. The predicted octanol–water partition coefficient (Wildman–Crippen LogP) is 4.37. The molecular weight excluding hydrogens is 379 g/mol. The van der Waals surface area contributed by atoms with E-state index in [0.29, 0.717) is 5.57 Å². The average molecular weight is 394 g/mol. The number of halogens is 1. The lowest BCUT2D eigenvalue weighted by atomic mass is 10.1. The Morgan fingerprint density at radius 2 is 1.62 bits per heavy atom. The van der Waals surface area contributed by atoms with Crippen molar-refractivity contribution in [3.05, 3.63) is 63.8 Å². The number of aliphatic carboxylic acids is 1. The van der Waals surface area contributed by atoms with Gasteiger partial charge in [-0.25, -0.2) is 4.79 Å². The van der Waals surface area contributed by atoms with Crippen LogP contribution in [0.3, 0.4) is 0 Å². The van der Waals surface area contributed by atoms with Gasteiger partial charge in [0.1, 0.15) is 12.4 Å². The lowest BCUT2D eigenvalue weighted by Crippen LogP contribution is -2.01. The van der Waals surface area contributed by atoms with Crippen molar-refractivity contribution in [3.63, 3.8) is 0 Å². The molecule has 0 unspecified atom stereocenters. The fourth-order valence-electron chi connectivity index (χ4n) is 1.84. The van der Waals surface area contributed by atoms with Crippen LogP contribution in [0.15, 0.2) is 60.2 Å². The molecule has 0 amide bonds. The van der Waals surface area contributed by atoms with Crippen LogP contribution < -0.4 is 4.74 Å². The van der Waals surface area contributed by atoms with Gasteiger partial charge in [0.05, 0.1) is 0 Å². The van der Waals surface area contributed by atoms with Crippen LogP contribution in [0.1, 0.15) is 6.92 Å². The molecule has 0 saturated carbocycles. The Kier molecular flexibility index (Phi) is 5.38. The zero-order valence-electron chi connectivity index (χ0n) is 11.5. The first kappa shape index (κ1) is 15.6. The van der Waals surface area contributed by atoms with Gasteiger partial charge in [-0.15, -0.1) is 0 Å². The number of ether oxygens (including phenoxy) is 1. The standard InChI is InChI=1S/C17H15IO3/c1-12(10-17(19)20)11-21-16-8-4-14(5-9-16)13-2-6-15(18)7-3-13/h2-10H,11H2,1H3,(H,19,20). The van der Waals surface area contributed by atoms with Crippen molar-refractivity contribution in [3.8, 4) is 16.9 Å². The quantitative estimate of drug-likeness (QED) is 0.605. The van der Waals surface area contributed by atoms with Crippen LogP contribution >= 0.6 is 22.6 Å². The molecule has 4 heteroatoms. The Morgan fingerprint density at radius 1 is 1.10 bits per heavy atom. The first-order valence-corrected chi connectivity index (χ1v) is 7.51. The van der Waals surface area contributed by atoms with Crippen LogP contribution in [0.25, 0.3) is 11.1 Å². The summed E-state index contributed by atoms with van der Waals surface area (Å²) < 4.78 is 6.75. The second-order valence-electron chi connectivity index (χ2n) is 4.65. The fraction of sp³-hybridized carbons (Fsp3) is 0.118. The summed E-state index contributed by atoms with van der Waals surface area (Å²) in [7, 11) is 0. The Balaban J connectivity index is 2.02. The maximum absolute atomic E-state index is 10.5. The van der Waals surface area contributed by atoms with E-state index < -0.39 is 5.97 Å². The van der Waals surface area contributed by atoms with Gasteiger partial charge in [-0.2, -0.15) is 0 Å². The van der Waals surface area contributed by atoms with Crippen molar-refractivity contribution in [2.75, 3.05) is 6.61 Å². The Hall–Kier alpha value is -1.82. The van der Waals surface area contributed by atoms with E-state index in [-0.39, 0.29) is 6.61 Å². The molecule has 0 bridgehead atoms. The number of carboxylic acids is 1. The molecule has 0 aliphatic carbocycles. The lowest BCUT2D eigenvalue weighted by Gasteiger charge is -2.07. The molecule has 0 aromatic heterocycles. The molecule has 0 heterocycles. The van der Waals surface area contributed by atoms with Crippen LogP contribution in [-0.4, -0.2) is 17.7 Å². The van der Waals surface area contributed by atoms with Crippen LogP contribution in [0, 0.1) is 3.57 Å². The second-order valence-corrected chi connectivity index (χ2v) is 5.89. The van der Waals surface area contributed by atoms with Gasteiger partial charge in [0.15, 0.2) is 0 Å². The van der Waals surface area contributed by atoms with Gasteiger partial charge < -0.3 is 9.84 Å². The Labute approximate surface area is 137 Å². The summed E-state index contributed by atoms with van der Waals surface area (Å²) >= 11 is 2.28. The minimum absolute atomic E-state index is 0.273. The maximum Gasteiger partial charge on any atom is 0.328 e. The number of rotatable bonds is 5.